The third-order valence-electron chi connectivity index (χ3n) is 6.11. The Morgan fingerprint density at radius 2 is 1.35 bits per heavy atom. The van der Waals surface area contributed by atoms with Gasteiger partial charge in [-0.05, 0) is 56.2 Å². The SMILES string of the molecule is CCCC(C)C(=O)Oc1ccc(C[C@H](N)C(=O)OC[C@H](C)OC(=O)OCCC(C)C)cc1OC(=O)C(C)CCC. The molecular formula is C30H47NO9. The number of hydrogen-bond donors (Lipinski definition) is 1. The van der Waals surface area contributed by atoms with Crippen LogP contribution in [0.2, 0.25) is 0 Å². The lowest BCUT2D eigenvalue weighted by molar-refractivity contribution is -0.148. The molecule has 226 valence electrons. The van der Waals surface area contributed by atoms with Gasteiger partial charge in [0.15, 0.2) is 11.5 Å². The zero-order valence-electron chi connectivity index (χ0n) is 25.0. The van der Waals surface area contributed by atoms with Crippen LogP contribution >= 0.6 is 0 Å². The fourth-order valence-corrected chi connectivity index (χ4v) is 3.62. The summed E-state index contributed by atoms with van der Waals surface area (Å²) in [6, 6.07) is 3.67. The third-order valence-corrected chi connectivity index (χ3v) is 6.11. The minimum atomic E-state index is -1.04. The Balaban J connectivity index is 2.84. The molecule has 0 aliphatic carbocycles. The molecule has 40 heavy (non-hydrogen) atoms. The third kappa shape index (κ3) is 13.3. The minimum absolute atomic E-state index is 0.0703. The Morgan fingerprint density at radius 1 is 0.775 bits per heavy atom. The number of rotatable bonds is 17. The van der Waals surface area contributed by atoms with E-state index in [1.165, 1.54) is 12.1 Å². The molecule has 2 unspecified atom stereocenters. The summed E-state index contributed by atoms with van der Waals surface area (Å²) in [6.07, 6.45) is 2.19. The Kier molecular flexibility index (Phi) is 15.9. The second kappa shape index (κ2) is 18.3. The molecule has 1 aromatic carbocycles. The van der Waals surface area contributed by atoms with Crippen LogP contribution in [0.4, 0.5) is 4.79 Å². The number of hydrogen-bond acceptors (Lipinski definition) is 10. The highest BCUT2D eigenvalue weighted by atomic mass is 16.7. The van der Waals surface area contributed by atoms with Gasteiger partial charge in [0.25, 0.3) is 0 Å². The quantitative estimate of drug-likeness (QED) is 0.194. The van der Waals surface area contributed by atoms with E-state index in [1.54, 1.807) is 26.8 Å². The van der Waals surface area contributed by atoms with E-state index >= 15 is 0 Å². The first-order valence-electron chi connectivity index (χ1n) is 14.2. The molecule has 10 nitrogen and oxygen atoms in total. The Bertz CT molecular complexity index is 962. The number of nitrogens with two attached hydrogens (primary N) is 1. The van der Waals surface area contributed by atoms with Gasteiger partial charge in [0.1, 0.15) is 18.8 Å². The summed E-state index contributed by atoms with van der Waals surface area (Å²) in [6.45, 7) is 13.2. The van der Waals surface area contributed by atoms with Gasteiger partial charge in [-0.3, -0.25) is 14.4 Å². The molecule has 0 spiro atoms. The molecule has 1 aromatic rings. The zero-order valence-corrected chi connectivity index (χ0v) is 25.0. The molecule has 4 atom stereocenters. The molecule has 0 amide bonds. The zero-order chi connectivity index (χ0) is 30.2. The number of esters is 3. The van der Waals surface area contributed by atoms with Crippen LogP contribution in [-0.2, 0) is 35.0 Å². The van der Waals surface area contributed by atoms with Gasteiger partial charge >= 0.3 is 24.1 Å². The lowest BCUT2D eigenvalue weighted by atomic mass is 10.0. The van der Waals surface area contributed by atoms with Gasteiger partial charge in [-0.25, -0.2) is 4.79 Å². The molecular weight excluding hydrogens is 518 g/mol. The lowest BCUT2D eigenvalue weighted by Gasteiger charge is -2.18. The van der Waals surface area contributed by atoms with Gasteiger partial charge in [0.05, 0.1) is 18.4 Å². The molecule has 0 aliphatic heterocycles. The van der Waals surface area contributed by atoms with Gasteiger partial charge in [0, 0.05) is 0 Å². The molecule has 2 N–H and O–H groups in total. The summed E-state index contributed by atoms with van der Waals surface area (Å²) in [4.78, 5) is 49.4. The van der Waals surface area contributed by atoms with Crippen molar-refractivity contribution in [3.05, 3.63) is 23.8 Å². The van der Waals surface area contributed by atoms with E-state index in [0.29, 0.717) is 30.7 Å². The maximum Gasteiger partial charge on any atom is 0.508 e. The molecule has 0 heterocycles. The Morgan fingerprint density at radius 3 is 1.90 bits per heavy atom. The van der Waals surface area contributed by atoms with Crippen LogP contribution in [-0.4, -0.2) is 49.4 Å². The van der Waals surface area contributed by atoms with Gasteiger partial charge < -0.3 is 29.4 Å². The summed E-state index contributed by atoms with van der Waals surface area (Å²) >= 11 is 0. The summed E-state index contributed by atoms with van der Waals surface area (Å²) in [5.41, 5.74) is 6.64. The smallest absolute Gasteiger partial charge is 0.461 e. The van der Waals surface area contributed by atoms with Crippen molar-refractivity contribution in [3.8, 4) is 11.5 Å². The van der Waals surface area contributed by atoms with Crippen LogP contribution in [0.15, 0.2) is 18.2 Å². The maximum absolute atomic E-state index is 12.6. The van der Waals surface area contributed by atoms with E-state index in [0.717, 1.165) is 12.8 Å². The second-order valence-electron chi connectivity index (χ2n) is 10.7. The van der Waals surface area contributed by atoms with E-state index in [4.69, 9.17) is 29.4 Å². The number of benzene rings is 1. The number of ether oxygens (including phenoxy) is 5. The highest BCUT2D eigenvalue weighted by Gasteiger charge is 2.23. The largest absolute Gasteiger partial charge is 0.508 e. The van der Waals surface area contributed by atoms with Gasteiger partial charge in [-0.15, -0.1) is 0 Å². The maximum atomic E-state index is 12.6. The van der Waals surface area contributed by atoms with Crippen molar-refractivity contribution in [1.82, 2.24) is 0 Å². The normalized spacial score (nSPS) is 14.0. The highest BCUT2D eigenvalue weighted by molar-refractivity contribution is 5.79. The Hall–Kier alpha value is -3.14. The topological polar surface area (TPSA) is 140 Å². The number of carbonyl (C=O) groups excluding carboxylic acids is 4. The van der Waals surface area contributed by atoms with Gasteiger partial charge in [-0.1, -0.05) is 60.5 Å². The number of carbonyl (C=O) groups is 4. The van der Waals surface area contributed by atoms with Gasteiger partial charge in [-0.2, -0.15) is 0 Å². The van der Waals surface area contributed by atoms with Crippen molar-refractivity contribution in [3.63, 3.8) is 0 Å². The van der Waals surface area contributed by atoms with Crippen LogP contribution < -0.4 is 15.2 Å². The van der Waals surface area contributed by atoms with E-state index in [2.05, 4.69) is 0 Å². The summed E-state index contributed by atoms with van der Waals surface area (Å²) in [5, 5.41) is 0. The van der Waals surface area contributed by atoms with E-state index < -0.39 is 36.2 Å². The fourth-order valence-electron chi connectivity index (χ4n) is 3.62. The first-order valence-corrected chi connectivity index (χ1v) is 14.2. The van der Waals surface area contributed by atoms with Crippen molar-refractivity contribution in [2.24, 2.45) is 23.5 Å². The minimum Gasteiger partial charge on any atom is -0.461 e. The Labute approximate surface area is 238 Å². The summed E-state index contributed by atoms with van der Waals surface area (Å²) in [5.74, 6) is -1.62. The van der Waals surface area contributed by atoms with Crippen molar-refractivity contribution in [1.29, 1.82) is 0 Å². The molecule has 0 radical (unpaired) electrons. The molecule has 0 saturated heterocycles. The average molecular weight is 566 g/mol. The standard InChI is InChI=1S/C30H47NO9/c1-8-10-20(5)27(32)39-25-13-12-23(17-26(25)40-28(33)21(6)11-9-2)16-24(31)29(34)37-18-22(7)38-30(35)36-15-14-19(3)4/h12-13,17,19-22,24H,8-11,14-16,18,31H2,1-7H3/t20?,21?,22-,24-/m0/s1. The van der Waals surface area contributed by atoms with Crippen LogP contribution in [0.3, 0.4) is 0 Å². The van der Waals surface area contributed by atoms with Crippen molar-refractivity contribution in [2.75, 3.05) is 13.2 Å². The first-order chi connectivity index (χ1) is 18.9. The predicted molar refractivity (Wildman–Crippen MR) is 150 cm³/mol. The van der Waals surface area contributed by atoms with E-state index in [9.17, 15) is 19.2 Å². The summed E-state index contributed by atoms with van der Waals surface area (Å²) < 4.78 is 26.4. The summed E-state index contributed by atoms with van der Waals surface area (Å²) in [7, 11) is 0. The van der Waals surface area contributed by atoms with Crippen molar-refractivity contribution in [2.45, 2.75) is 99.1 Å². The fraction of sp³-hybridized carbons (Fsp3) is 0.667. The average Bonchev–Trinajstić information content (AvgIpc) is 2.88. The molecule has 0 saturated carbocycles. The molecule has 10 heteroatoms. The highest BCUT2D eigenvalue weighted by Crippen LogP contribution is 2.31. The van der Waals surface area contributed by atoms with Crippen molar-refractivity contribution < 1.29 is 42.9 Å². The molecule has 0 fully saturated rings. The lowest BCUT2D eigenvalue weighted by Crippen LogP contribution is -2.36. The van der Waals surface area contributed by atoms with Gasteiger partial charge in [0.2, 0.25) is 0 Å². The van der Waals surface area contributed by atoms with Crippen molar-refractivity contribution >= 4 is 24.1 Å². The van der Waals surface area contributed by atoms with Crippen LogP contribution in [0.1, 0.15) is 86.1 Å². The molecule has 0 bridgehead atoms. The van der Waals surface area contributed by atoms with E-state index in [1.807, 2.05) is 27.7 Å². The van der Waals surface area contributed by atoms with Crippen LogP contribution in [0, 0.1) is 17.8 Å². The van der Waals surface area contributed by atoms with E-state index in [-0.39, 0.29) is 43.0 Å². The molecule has 0 aliphatic rings. The monoisotopic (exact) mass is 565 g/mol. The molecule has 1 rings (SSSR count). The predicted octanol–water partition coefficient (Wildman–Crippen LogP) is 5.37. The van der Waals surface area contributed by atoms with Crippen LogP contribution in [0.5, 0.6) is 11.5 Å². The second-order valence-corrected chi connectivity index (χ2v) is 10.7. The molecule has 0 aromatic heterocycles. The first kappa shape index (κ1) is 34.9. The van der Waals surface area contributed by atoms with Crippen LogP contribution in [0.25, 0.3) is 0 Å².